The average Bonchev–Trinajstić information content (AvgIpc) is 2.56. The molecule has 0 aromatic carbocycles. The molecule has 0 aromatic heterocycles. The van der Waals surface area contributed by atoms with Gasteiger partial charge in [-0.1, -0.05) is 127 Å². The van der Waals surface area contributed by atoms with Crippen LogP contribution in [0, 0.1) is 0 Å². The molecular formula is C24H56O3. The highest BCUT2D eigenvalue weighted by Gasteiger charge is 2.01. The summed E-state index contributed by atoms with van der Waals surface area (Å²) >= 11 is 0. The Balaban J connectivity index is -0.000000403. The topological polar surface area (TPSA) is 46.5 Å². The van der Waals surface area contributed by atoms with Crippen LogP contribution in [0.1, 0.15) is 139 Å². The second kappa shape index (κ2) is 33.0. The van der Waals surface area contributed by atoms with Crippen LogP contribution in [0.5, 0.6) is 0 Å². The van der Waals surface area contributed by atoms with Crippen LogP contribution in [-0.4, -0.2) is 24.3 Å². The first-order chi connectivity index (χ1) is 11.3. The predicted octanol–water partition coefficient (Wildman–Crippen LogP) is 8.33. The predicted molar refractivity (Wildman–Crippen MR) is 125 cm³/mol. The molecule has 0 heterocycles. The summed E-state index contributed by atoms with van der Waals surface area (Å²) in [6, 6.07) is 0. The summed E-state index contributed by atoms with van der Waals surface area (Å²) in [4.78, 5) is 11.2. The maximum atomic E-state index is 11.2. The third-order valence-corrected chi connectivity index (χ3v) is 4.34. The van der Waals surface area contributed by atoms with Crippen molar-refractivity contribution in [2.45, 2.75) is 139 Å². The number of aliphatic hydroxyl groups excluding tert-OH is 1. The van der Waals surface area contributed by atoms with Gasteiger partial charge >= 0.3 is 5.97 Å². The van der Waals surface area contributed by atoms with Gasteiger partial charge < -0.3 is 9.84 Å². The molecule has 27 heavy (non-hydrogen) atoms. The van der Waals surface area contributed by atoms with E-state index >= 15 is 0 Å². The molecule has 170 valence electrons. The quantitative estimate of drug-likeness (QED) is 0.188. The number of carbonyl (C=O) groups excluding carboxylic acids is 1. The monoisotopic (exact) mass is 392 g/mol. The van der Waals surface area contributed by atoms with Crippen molar-refractivity contribution in [2.75, 3.05) is 13.2 Å². The molecule has 3 heteroatoms. The van der Waals surface area contributed by atoms with E-state index in [1.807, 2.05) is 0 Å². The lowest BCUT2D eigenvalue weighted by Crippen LogP contribution is -2.07. The fraction of sp³-hybridized carbons (Fsp3) is 0.958. The highest BCUT2D eigenvalue weighted by atomic mass is 16.5. The van der Waals surface area contributed by atoms with Crippen LogP contribution < -0.4 is 0 Å². The number of hydrogen-bond acceptors (Lipinski definition) is 3. The molecule has 0 aliphatic carbocycles. The molecule has 0 atom stereocenters. The van der Waals surface area contributed by atoms with E-state index in [0.717, 1.165) is 12.8 Å². The number of carbonyl (C=O) groups is 1. The van der Waals surface area contributed by atoms with Crippen LogP contribution in [0.2, 0.25) is 0 Å². The SMILES string of the molecule is C.C.C.C.CCCCCCCCCCCCCCCCCC(=O)OCCO. The van der Waals surface area contributed by atoms with Crippen LogP contribution in [0.15, 0.2) is 0 Å². The van der Waals surface area contributed by atoms with Crippen molar-refractivity contribution in [1.29, 1.82) is 0 Å². The van der Waals surface area contributed by atoms with Gasteiger partial charge in [0.25, 0.3) is 0 Å². The normalized spacial score (nSPS) is 9.26. The van der Waals surface area contributed by atoms with Crippen molar-refractivity contribution < 1.29 is 14.6 Å². The van der Waals surface area contributed by atoms with Crippen molar-refractivity contribution in [2.24, 2.45) is 0 Å². The molecular weight excluding hydrogens is 336 g/mol. The van der Waals surface area contributed by atoms with E-state index in [0.29, 0.717) is 6.42 Å². The van der Waals surface area contributed by atoms with Gasteiger partial charge in [-0.2, -0.15) is 0 Å². The molecule has 1 N–H and O–H groups in total. The summed E-state index contributed by atoms with van der Waals surface area (Å²) in [6.45, 7) is 2.33. The Hall–Kier alpha value is -0.570. The maximum absolute atomic E-state index is 11.2. The second-order valence-electron chi connectivity index (χ2n) is 6.64. The van der Waals surface area contributed by atoms with Gasteiger partial charge in [-0.3, -0.25) is 4.79 Å². The number of esters is 1. The van der Waals surface area contributed by atoms with Crippen LogP contribution >= 0.6 is 0 Å². The molecule has 0 radical (unpaired) electrons. The minimum Gasteiger partial charge on any atom is -0.463 e. The fourth-order valence-electron chi connectivity index (χ4n) is 2.87. The van der Waals surface area contributed by atoms with Gasteiger partial charge in [0, 0.05) is 6.42 Å². The number of ether oxygens (including phenoxy) is 1. The number of hydrogen-bond donors (Lipinski definition) is 1. The standard InChI is InChI=1S/C20H40O3.4CH4/c1-2-3-4-5-6-7-8-9-10-11-12-13-14-15-16-17-20(22)23-19-18-21;;;;/h21H,2-19H2,1H3;4*1H4. The smallest absolute Gasteiger partial charge is 0.305 e. The molecule has 0 saturated heterocycles. The van der Waals surface area contributed by atoms with Crippen molar-refractivity contribution in [3.63, 3.8) is 0 Å². The lowest BCUT2D eigenvalue weighted by molar-refractivity contribution is -0.144. The first-order valence-electron chi connectivity index (χ1n) is 10.1. The zero-order valence-electron chi connectivity index (χ0n) is 15.5. The Morgan fingerprint density at radius 1 is 0.630 bits per heavy atom. The Bertz CT molecular complexity index is 242. The molecule has 0 aliphatic heterocycles. The summed E-state index contributed by atoms with van der Waals surface area (Å²) in [5, 5.41) is 8.54. The maximum Gasteiger partial charge on any atom is 0.305 e. The Labute approximate surface area is 173 Å². The summed E-state index contributed by atoms with van der Waals surface area (Å²) < 4.78 is 4.82. The lowest BCUT2D eigenvalue weighted by atomic mass is 10.0. The van der Waals surface area contributed by atoms with Crippen molar-refractivity contribution in [3.05, 3.63) is 0 Å². The van der Waals surface area contributed by atoms with Crippen LogP contribution in [-0.2, 0) is 9.53 Å². The van der Waals surface area contributed by atoms with Gasteiger partial charge in [0.1, 0.15) is 6.61 Å². The van der Waals surface area contributed by atoms with Gasteiger partial charge in [0.2, 0.25) is 0 Å². The fourth-order valence-corrected chi connectivity index (χ4v) is 2.87. The number of unbranched alkanes of at least 4 members (excludes halogenated alkanes) is 14. The molecule has 0 aromatic rings. The average molecular weight is 393 g/mol. The Morgan fingerprint density at radius 3 is 1.30 bits per heavy atom. The van der Waals surface area contributed by atoms with Gasteiger partial charge in [0.05, 0.1) is 6.61 Å². The molecule has 3 nitrogen and oxygen atoms in total. The summed E-state index contributed by atoms with van der Waals surface area (Å²) in [5.41, 5.74) is 0. The molecule has 0 rings (SSSR count). The highest BCUT2D eigenvalue weighted by Crippen LogP contribution is 2.13. The van der Waals surface area contributed by atoms with Gasteiger partial charge in [-0.05, 0) is 6.42 Å². The third-order valence-electron chi connectivity index (χ3n) is 4.34. The van der Waals surface area contributed by atoms with Gasteiger partial charge in [0.15, 0.2) is 0 Å². The number of aliphatic hydroxyl groups is 1. The molecule has 0 amide bonds. The molecule has 0 spiro atoms. The van der Waals surface area contributed by atoms with Crippen molar-refractivity contribution in [3.8, 4) is 0 Å². The van der Waals surface area contributed by atoms with E-state index in [1.165, 1.54) is 83.5 Å². The molecule has 0 fully saturated rings. The Morgan fingerprint density at radius 2 is 0.963 bits per heavy atom. The molecule has 0 saturated carbocycles. The largest absolute Gasteiger partial charge is 0.463 e. The number of rotatable bonds is 18. The molecule has 0 unspecified atom stereocenters. The van der Waals surface area contributed by atoms with Crippen LogP contribution in [0.25, 0.3) is 0 Å². The first-order valence-corrected chi connectivity index (χ1v) is 10.1. The van der Waals surface area contributed by atoms with E-state index in [2.05, 4.69) is 6.92 Å². The van der Waals surface area contributed by atoms with E-state index < -0.39 is 0 Å². The van der Waals surface area contributed by atoms with E-state index in [9.17, 15) is 4.79 Å². The highest BCUT2D eigenvalue weighted by molar-refractivity contribution is 5.69. The van der Waals surface area contributed by atoms with Crippen molar-refractivity contribution in [1.82, 2.24) is 0 Å². The van der Waals surface area contributed by atoms with E-state index in [4.69, 9.17) is 9.84 Å². The van der Waals surface area contributed by atoms with E-state index in [-0.39, 0.29) is 48.9 Å². The van der Waals surface area contributed by atoms with Gasteiger partial charge in [-0.25, -0.2) is 0 Å². The Kier molecular flexibility index (Phi) is 45.6. The van der Waals surface area contributed by atoms with Crippen LogP contribution in [0.4, 0.5) is 0 Å². The summed E-state index contributed by atoms with van der Waals surface area (Å²) in [7, 11) is 0. The third kappa shape index (κ3) is 33.4. The lowest BCUT2D eigenvalue weighted by Gasteiger charge is -2.04. The molecule has 0 aliphatic rings. The summed E-state index contributed by atoms with van der Waals surface area (Å²) in [5.74, 6) is -0.172. The van der Waals surface area contributed by atoms with E-state index in [1.54, 1.807) is 0 Å². The zero-order valence-corrected chi connectivity index (χ0v) is 15.5. The molecule has 0 bridgehead atoms. The first kappa shape index (κ1) is 37.2. The van der Waals surface area contributed by atoms with Crippen molar-refractivity contribution >= 4 is 5.97 Å². The minimum atomic E-state index is -0.172. The summed E-state index contributed by atoms with van der Waals surface area (Å²) in [6.07, 6.45) is 20.4. The van der Waals surface area contributed by atoms with Gasteiger partial charge in [-0.15, -0.1) is 0 Å². The zero-order chi connectivity index (χ0) is 17.0. The second-order valence-corrected chi connectivity index (χ2v) is 6.64. The van der Waals surface area contributed by atoms with Crippen LogP contribution in [0.3, 0.4) is 0 Å². The minimum absolute atomic E-state index is 0.